The zero-order valence-electron chi connectivity index (χ0n) is 14.4. The van der Waals surface area contributed by atoms with Crippen LogP contribution in [0.15, 0.2) is 0 Å². The van der Waals surface area contributed by atoms with Gasteiger partial charge in [-0.1, -0.05) is 0 Å². The van der Waals surface area contributed by atoms with Crippen molar-refractivity contribution in [3.8, 4) is 0 Å². The van der Waals surface area contributed by atoms with E-state index in [4.69, 9.17) is 57.5 Å². The molecule has 0 rings (SSSR count). The van der Waals surface area contributed by atoms with Crippen molar-refractivity contribution >= 4 is 81.5 Å². The summed E-state index contributed by atoms with van der Waals surface area (Å²) < 4.78 is 0. The number of carbonyl (C=O) groups excluding carboxylic acids is 12. The van der Waals surface area contributed by atoms with Gasteiger partial charge >= 0.3 is 58.4 Å². The second-order valence-electron chi connectivity index (χ2n) is 0. The molecule has 0 amide bonds. The van der Waals surface area contributed by atoms with Crippen LogP contribution in [0.3, 0.4) is 0 Å². The molecule has 0 unspecified atom stereocenters. The summed E-state index contributed by atoms with van der Waals surface area (Å²) in [6, 6.07) is 0. The Labute approximate surface area is 196 Å². The van der Waals surface area contributed by atoms with Crippen LogP contribution in [0.1, 0.15) is 0 Å². The maximum Gasteiger partial charge on any atom is 3.00 e. The Morgan fingerprint density at radius 3 is 0.148 bits per heavy atom. The van der Waals surface area contributed by atoms with Gasteiger partial charge in [0.25, 0.3) is 0 Å². The van der Waals surface area contributed by atoms with E-state index >= 15 is 0 Å². The predicted molar refractivity (Wildman–Crippen MR) is 85.5 cm³/mol. The number of hydrogen-bond acceptors (Lipinski definition) is 12. The minimum Gasteiger partial charge on any atom is -0.307 e. The van der Waals surface area contributed by atoms with Crippen LogP contribution in [0.4, 0.5) is 0 Å². The van der Waals surface area contributed by atoms with Crippen LogP contribution in [0, 0.1) is 0 Å². The fourth-order valence-corrected chi connectivity index (χ4v) is 0. The SMILES string of the molecule is C=O.C=O.C=O.C=O.C=O.C=O.C=O.C=O.C=O.C=O.C=O.C=O.[Ru+3].[Ru+3].[Ru+3]. The topological polar surface area (TPSA) is 205 Å². The van der Waals surface area contributed by atoms with Gasteiger partial charge in [-0.3, -0.25) is 0 Å². The van der Waals surface area contributed by atoms with Crippen molar-refractivity contribution in [2.24, 2.45) is 0 Å². The molecule has 0 heterocycles. The average Bonchev–Trinajstić information content (AvgIpc) is 2.84. The van der Waals surface area contributed by atoms with Crippen LogP contribution >= 0.6 is 0 Å². The summed E-state index contributed by atoms with van der Waals surface area (Å²) in [7, 11) is 0. The molecule has 0 aromatic rings. The second kappa shape index (κ2) is 2870. The summed E-state index contributed by atoms with van der Waals surface area (Å²) in [6.45, 7) is 24.0. The molecule has 0 N–H and O–H groups in total. The predicted octanol–water partition coefficient (Wildman–Crippen LogP) is -2.23. The number of carbonyl (C=O) groups is 12. The van der Waals surface area contributed by atoms with E-state index in [-0.39, 0.29) is 58.4 Å². The van der Waals surface area contributed by atoms with Gasteiger partial charge in [-0.05, 0) is 0 Å². The third-order valence-corrected chi connectivity index (χ3v) is 0. The van der Waals surface area contributed by atoms with E-state index in [0.717, 1.165) is 0 Å². The van der Waals surface area contributed by atoms with Crippen LogP contribution in [-0.4, -0.2) is 81.5 Å². The van der Waals surface area contributed by atoms with Crippen molar-refractivity contribution in [2.75, 3.05) is 0 Å². The molecule has 27 heavy (non-hydrogen) atoms. The Kier molecular flexibility index (Phi) is 15400. The van der Waals surface area contributed by atoms with Gasteiger partial charge in [0.2, 0.25) is 0 Å². The Morgan fingerprint density at radius 2 is 0.148 bits per heavy atom. The molecule has 0 aliphatic carbocycles. The smallest absolute Gasteiger partial charge is 0.307 e. The Bertz CT molecular complexity index is 80.6. The van der Waals surface area contributed by atoms with Gasteiger partial charge in [0.1, 0.15) is 81.5 Å². The van der Waals surface area contributed by atoms with E-state index in [1.165, 1.54) is 0 Å². The third-order valence-electron chi connectivity index (χ3n) is 0. The molecule has 0 aromatic carbocycles. The molecule has 0 aromatic heterocycles. The molecule has 3 radical (unpaired) electrons. The first-order valence-electron chi connectivity index (χ1n) is 3.46. The van der Waals surface area contributed by atoms with Crippen molar-refractivity contribution in [2.45, 2.75) is 0 Å². The average molecular weight is 664 g/mol. The summed E-state index contributed by atoms with van der Waals surface area (Å²) in [4.78, 5) is 96.0. The number of rotatable bonds is 0. The summed E-state index contributed by atoms with van der Waals surface area (Å²) >= 11 is 0. The minimum absolute atomic E-state index is 0. The Morgan fingerprint density at radius 1 is 0.148 bits per heavy atom. The van der Waals surface area contributed by atoms with Crippen LogP contribution in [0.25, 0.3) is 0 Å². The fourth-order valence-electron chi connectivity index (χ4n) is 0. The molecular weight excluding hydrogens is 639 g/mol. The Hall–Kier alpha value is -2.09. The van der Waals surface area contributed by atoms with Crippen molar-refractivity contribution < 1.29 is 116 Å². The zero-order chi connectivity index (χ0) is 24.0. The zero-order valence-corrected chi connectivity index (χ0v) is 19.7. The summed E-state index contributed by atoms with van der Waals surface area (Å²) in [5.41, 5.74) is 0. The monoisotopic (exact) mass is 666 g/mol. The van der Waals surface area contributed by atoms with Gasteiger partial charge in [-0.2, -0.15) is 0 Å². The molecule has 0 aliphatic heterocycles. The standard InChI is InChI=1S/12CH2O.3Ru/c12*1-2;;;/h12*1H2;;;/q;;;;;;;;;;;;3*+3. The quantitative estimate of drug-likeness (QED) is 0.253. The van der Waals surface area contributed by atoms with Gasteiger partial charge in [-0.25, -0.2) is 0 Å². The normalized spacial score (nSPS) is 1.78. The van der Waals surface area contributed by atoms with Crippen LogP contribution in [0.2, 0.25) is 0 Å². The molecule has 0 saturated carbocycles. The van der Waals surface area contributed by atoms with Crippen LogP contribution in [-0.2, 0) is 116 Å². The van der Waals surface area contributed by atoms with E-state index < -0.39 is 0 Å². The molecule has 12 nitrogen and oxygen atoms in total. The second-order valence-corrected chi connectivity index (χ2v) is 0. The molecule has 0 spiro atoms. The van der Waals surface area contributed by atoms with Gasteiger partial charge < -0.3 is 57.5 Å². The first kappa shape index (κ1) is 145. The maximum absolute atomic E-state index is 8.00. The summed E-state index contributed by atoms with van der Waals surface area (Å²) in [5, 5.41) is 0. The van der Waals surface area contributed by atoms with E-state index in [1.807, 2.05) is 81.5 Å². The van der Waals surface area contributed by atoms with Crippen molar-refractivity contribution in [3.63, 3.8) is 0 Å². The molecule has 159 valence electrons. The summed E-state index contributed by atoms with van der Waals surface area (Å²) in [5.74, 6) is 0. The first-order valence-corrected chi connectivity index (χ1v) is 3.46. The maximum atomic E-state index is 8.00. The fraction of sp³-hybridized carbons (Fsp3) is 0. The van der Waals surface area contributed by atoms with Crippen LogP contribution < -0.4 is 0 Å². The van der Waals surface area contributed by atoms with Gasteiger partial charge in [0, 0.05) is 0 Å². The van der Waals surface area contributed by atoms with Crippen LogP contribution in [0.5, 0.6) is 0 Å². The molecule has 0 atom stereocenters. The largest absolute Gasteiger partial charge is 3.00 e. The first-order chi connectivity index (χ1) is 12.0. The van der Waals surface area contributed by atoms with Crippen molar-refractivity contribution in [3.05, 3.63) is 0 Å². The van der Waals surface area contributed by atoms with E-state index in [0.29, 0.717) is 0 Å². The van der Waals surface area contributed by atoms with Gasteiger partial charge in [0.15, 0.2) is 0 Å². The van der Waals surface area contributed by atoms with E-state index in [9.17, 15) is 0 Å². The molecule has 0 bridgehead atoms. The van der Waals surface area contributed by atoms with Gasteiger partial charge in [0.05, 0.1) is 0 Å². The molecule has 0 aliphatic rings. The molecule has 0 fully saturated rings. The van der Waals surface area contributed by atoms with Crippen molar-refractivity contribution in [1.29, 1.82) is 0 Å². The van der Waals surface area contributed by atoms with E-state index in [1.54, 1.807) is 0 Å². The Balaban J connectivity index is -0.00000000443. The molecule has 0 saturated heterocycles. The minimum atomic E-state index is 0. The number of hydrogen-bond donors (Lipinski definition) is 0. The van der Waals surface area contributed by atoms with Crippen molar-refractivity contribution in [1.82, 2.24) is 0 Å². The molecular formula is C12H24O12Ru3+9. The summed E-state index contributed by atoms with van der Waals surface area (Å²) in [6.07, 6.45) is 0. The van der Waals surface area contributed by atoms with E-state index in [2.05, 4.69) is 0 Å². The molecule has 15 heteroatoms. The third kappa shape index (κ3) is 2630. The van der Waals surface area contributed by atoms with Gasteiger partial charge in [-0.15, -0.1) is 0 Å².